The minimum Gasteiger partial charge on any atom is -0.394 e. The molecule has 28 heavy (non-hydrogen) atoms. The molecular weight excluding hydrogens is 358 g/mol. The molecule has 8 nitrogen and oxygen atoms in total. The molecule has 0 aliphatic carbocycles. The van der Waals surface area contributed by atoms with Crippen LogP contribution in [0.3, 0.4) is 0 Å². The fraction of sp³-hybridized carbons (Fsp3) is 0.500. The van der Waals surface area contributed by atoms with Gasteiger partial charge in [0.15, 0.2) is 5.82 Å². The number of rotatable bonds is 11. The average molecular weight is 387 g/mol. The first-order valence-corrected chi connectivity index (χ1v) is 9.73. The Kier molecular flexibility index (Phi) is 8.28. The monoisotopic (exact) mass is 387 g/mol. The standard InChI is InChI=1S/C20H29N5O3/c1-4-16-13-19(21-17(14-26)11-12-24(5-2)6-3)23-20(22-16)15-7-9-18(10-8-15)25(27)28/h7-10,13,17,26H,4-6,11-12,14H2,1-3H3,(H,21,22,23)/t17-/m0/s1. The molecule has 0 unspecified atom stereocenters. The number of nitro groups is 1. The van der Waals surface area contributed by atoms with Crippen LogP contribution in [0.2, 0.25) is 0 Å². The molecule has 0 saturated heterocycles. The van der Waals surface area contributed by atoms with E-state index in [-0.39, 0.29) is 18.3 Å². The van der Waals surface area contributed by atoms with E-state index in [0.29, 0.717) is 17.2 Å². The lowest BCUT2D eigenvalue weighted by molar-refractivity contribution is -0.384. The topological polar surface area (TPSA) is 104 Å². The molecule has 0 aliphatic rings. The Hall–Kier alpha value is -2.58. The van der Waals surface area contributed by atoms with Crippen molar-refractivity contribution in [3.05, 3.63) is 46.1 Å². The molecular formula is C20H29N5O3. The molecule has 1 atom stereocenters. The van der Waals surface area contributed by atoms with Crippen LogP contribution in [0.25, 0.3) is 11.4 Å². The predicted molar refractivity (Wildman–Crippen MR) is 110 cm³/mol. The van der Waals surface area contributed by atoms with Crippen molar-refractivity contribution in [1.29, 1.82) is 0 Å². The molecule has 2 N–H and O–H groups in total. The summed E-state index contributed by atoms with van der Waals surface area (Å²) in [6.07, 6.45) is 1.54. The normalized spacial score (nSPS) is 12.2. The van der Waals surface area contributed by atoms with Gasteiger partial charge in [-0.3, -0.25) is 10.1 Å². The smallest absolute Gasteiger partial charge is 0.269 e. The van der Waals surface area contributed by atoms with Crippen molar-refractivity contribution in [2.45, 2.75) is 39.7 Å². The first-order chi connectivity index (χ1) is 13.5. The fourth-order valence-electron chi connectivity index (χ4n) is 2.91. The maximum atomic E-state index is 10.8. The molecule has 0 aliphatic heterocycles. The number of nitrogens with one attached hydrogen (secondary N) is 1. The van der Waals surface area contributed by atoms with E-state index in [1.54, 1.807) is 12.1 Å². The quantitative estimate of drug-likeness (QED) is 0.451. The number of nitro benzene ring substituents is 1. The third-order valence-electron chi connectivity index (χ3n) is 4.74. The van der Waals surface area contributed by atoms with E-state index in [1.165, 1.54) is 12.1 Å². The van der Waals surface area contributed by atoms with Crippen LogP contribution in [-0.4, -0.2) is 57.2 Å². The number of aromatic nitrogens is 2. The van der Waals surface area contributed by atoms with Crippen molar-refractivity contribution in [1.82, 2.24) is 14.9 Å². The van der Waals surface area contributed by atoms with E-state index < -0.39 is 4.92 Å². The summed E-state index contributed by atoms with van der Waals surface area (Å²) in [5, 5.41) is 23.9. The minimum atomic E-state index is -0.429. The number of aryl methyl sites for hydroxylation is 1. The summed E-state index contributed by atoms with van der Waals surface area (Å²) in [6.45, 7) is 9.12. The van der Waals surface area contributed by atoms with E-state index in [1.807, 2.05) is 13.0 Å². The molecule has 2 aromatic rings. The number of aliphatic hydroxyl groups excluding tert-OH is 1. The van der Waals surface area contributed by atoms with Crippen molar-refractivity contribution in [3.63, 3.8) is 0 Å². The zero-order valence-electron chi connectivity index (χ0n) is 16.8. The lowest BCUT2D eigenvalue weighted by Crippen LogP contribution is -2.32. The van der Waals surface area contributed by atoms with E-state index in [2.05, 4.69) is 34.0 Å². The van der Waals surface area contributed by atoms with Crippen molar-refractivity contribution in [2.75, 3.05) is 31.6 Å². The van der Waals surface area contributed by atoms with Crippen LogP contribution in [0, 0.1) is 10.1 Å². The highest BCUT2D eigenvalue weighted by Crippen LogP contribution is 2.22. The van der Waals surface area contributed by atoms with Gasteiger partial charge in [0.05, 0.1) is 17.6 Å². The highest BCUT2D eigenvalue weighted by atomic mass is 16.6. The average Bonchev–Trinajstić information content (AvgIpc) is 2.73. The van der Waals surface area contributed by atoms with Crippen LogP contribution in [-0.2, 0) is 6.42 Å². The Bertz CT molecular complexity index is 763. The molecule has 0 saturated carbocycles. The largest absolute Gasteiger partial charge is 0.394 e. The molecule has 1 aromatic heterocycles. The van der Waals surface area contributed by atoms with Gasteiger partial charge in [-0.2, -0.15) is 0 Å². The van der Waals surface area contributed by atoms with Gasteiger partial charge in [-0.15, -0.1) is 0 Å². The SMILES string of the molecule is CCc1cc(N[C@H](CO)CCN(CC)CC)nc(-c2ccc([N+](=O)[O-])cc2)n1. The van der Waals surface area contributed by atoms with Crippen LogP contribution in [0.1, 0.15) is 32.9 Å². The zero-order chi connectivity index (χ0) is 20.5. The van der Waals surface area contributed by atoms with Gasteiger partial charge in [0, 0.05) is 36.0 Å². The Morgan fingerprint density at radius 1 is 1.18 bits per heavy atom. The van der Waals surface area contributed by atoms with E-state index in [9.17, 15) is 15.2 Å². The summed E-state index contributed by atoms with van der Waals surface area (Å²) in [4.78, 5) is 21.8. The summed E-state index contributed by atoms with van der Waals surface area (Å²) in [5.41, 5.74) is 1.62. The second-order valence-corrected chi connectivity index (χ2v) is 6.57. The number of aliphatic hydroxyl groups is 1. The predicted octanol–water partition coefficient (Wildman–Crippen LogP) is 3.12. The number of hydrogen-bond acceptors (Lipinski definition) is 7. The number of non-ortho nitro benzene ring substituents is 1. The summed E-state index contributed by atoms with van der Waals surface area (Å²) >= 11 is 0. The van der Waals surface area contributed by atoms with Crippen molar-refractivity contribution < 1.29 is 10.0 Å². The summed E-state index contributed by atoms with van der Waals surface area (Å²) in [7, 11) is 0. The van der Waals surface area contributed by atoms with Gasteiger partial charge in [-0.05, 0) is 38.1 Å². The molecule has 1 aromatic carbocycles. The third-order valence-corrected chi connectivity index (χ3v) is 4.74. The minimum absolute atomic E-state index is 0.0135. The van der Waals surface area contributed by atoms with Gasteiger partial charge < -0.3 is 15.3 Å². The Morgan fingerprint density at radius 3 is 2.39 bits per heavy atom. The number of nitrogens with zero attached hydrogens (tertiary/aromatic N) is 4. The maximum Gasteiger partial charge on any atom is 0.269 e. The zero-order valence-corrected chi connectivity index (χ0v) is 16.8. The molecule has 2 rings (SSSR count). The van der Waals surface area contributed by atoms with E-state index in [0.717, 1.165) is 38.2 Å². The van der Waals surface area contributed by atoms with Crippen LogP contribution in [0.4, 0.5) is 11.5 Å². The second kappa shape index (κ2) is 10.7. The van der Waals surface area contributed by atoms with E-state index in [4.69, 9.17) is 0 Å². The molecule has 8 heteroatoms. The van der Waals surface area contributed by atoms with Crippen LogP contribution < -0.4 is 5.32 Å². The van der Waals surface area contributed by atoms with Gasteiger partial charge in [0.2, 0.25) is 0 Å². The molecule has 0 amide bonds. The van der Waals surface area contributed by atoms with Gasteiger partial charge in [-0.1, -0.05) is 20.8 Å². The van der Waals surface area contributed by atoms with Crippen LogP contribution >= 0.6 is 0 Å². The highest BCUT2D eigenvalue weighted by molar-refractivity contribution is 5.59. The molecule has 152 valence electrons. The van der Waals surface area contributed by atoms with Crippen molar-refractivity contribution in [3.8, 4) is 11.4 Å². The third kappa shape index (κ3) is 5.97. The number of benzene rings is 1. The maximum absolute atomic E-state index is 10.8. The Labute approximate surface area is 165 Å². The molecule has 0 bridgehead atoms. The van der Waals surface area contributed by atoms with Crippen LogP contribution in [0.5, 0.6) is 0 Å². The highest BCUT2D eigenvalue weighted by Gasteiger charge is 2.13. The van der Waals surface area contributed by atoms with Gasteiger partial charge in [0.1, 0.15) is 5.82 Å². The van der Waals surface area contributed by atoms with Gasteiger partial charge >= 0.3 is 0 Å². The lowest BCUT2D eigenvalue weighted by atomic mass is 10.1. The molecule has 0 spiro atoms. The summed E-state index contributed by atoms with van der Waals surface area (Å²) < 4.78 is 0. The Morgan fingerprint density at radius 2 is 1.86 bits per heavy atom. The second-order valence-electron chi connectivity index (χ2n) is 6.57. The number of anilines is 1. The molecule has 0 fully saturated rings. The summed E-state index contributed by atoms with van der Waals surface area (Å²) in [6, 6.07) is 7.98. The molecule has 1 heterocycles. The van der Waals surface area contributed by atoms with Gasteiger partial charge in [0.25, 0.3) is 5.69 Å². The first-order valence-electron chi connectivity index (χ1n) is 9.73. The lowest BCUT2D eigenvalue weighted by Gasteiger charge is -2.23. The summed E-state index contributed by atoms with van der Waals surface area (Å²) in [5.74, 6) is 1.16. The number of hydrogen-bond donors (Lipinski definition) is 2. The fourth-order valence-corrected chi connectivity index (χ4v) is 2.91. The van der Waals surface area contributed by atoms with E-state index >= 15 is 0 Å². The molecule has 0 radical (unpaired) electrons. The van der Waals surface area contributed by atoms with Crippen LogP contribution in [0.15, 0.2) is 30.3 Å². The van der Waals surface area contributed by atoms with Crippen molar-refractivity contribution in [2.24, 2.45) is 0 Å². The first kappa shape index (κ1) is 21.7. The van der Waals surface area contributed by atoms with Crippen molar-refractivity contribution >= 4 is 11.5 Å². The Balaban J connectivity index is 2.20. The van der Waals surface area contributed by atoms with Gasteiger partial charge in [-0.25, -0.2) is 9.97 Å².